The number of allylic oxidation sites excluding steroid dienone is 6. The number of hydrogen-bond donors (Lipinski definition) is 0. The van der Waals surface area contributed by atoms with Gasteiger partial charge in [-0.3, -0.25) is 0 Å². The molecule has 0 saturated heterocycles. The van der Waals surface area contributed by atoms with Gasteiger partial charge in [0.25, 0.3) is 0 Å². The summed E-state index contributed by atoms with van der Waals surface area (Å²) < 4.78 is 0. The molecule has 0 amide bonds. The van der Waals surface area contributed by atoms with Gasteiger partial charge in [-0.25, -0.2) is 0 Å². The molecule has 0 unspecified atom stereocenters. The van der Waals surface area contributed by atoms with Crippen LogP contribution in [-0.4, -0.2) is 0 Å². The lowest BCUT2D eigenvalue weighted by Crippen LogP contribution is -1.79. The van der Waals surface area contributed by atoms with Crippen molar-refractivity contribution in [2.24, 2.45) is 0 Å². The van der Waals surface area contributed by atoms with Gasteiger partial charge in [0.1, 0.15) is 0 Å². The largest absolute Gasteiger partial charge is 0.0884 e. The molecule has 0 aromatic carbocycles. The summed E-state index contributed by atoms with van der Waals surface area (Å²) in [6, 6.07) is 0. The van der Waals surface area contributed by atoms with Crippen LogP contribution in [-0.2, 0) is 0 Å². The van der Waals surface area contributed by atoms with Crippen molar-refractivity contribution in [3.05, 3.63) is 35.5 Å². The Kier molecular flexibility index (Phi) is 2.49. The van der Waals surface area contributed by atoms with Crippen molar-refractivity contribution in [1.29, 1.82) is 0 Å². The van der Waals surface area contributed by atoms with E-state index in [1.807, 2.05) is 0 Å². The predicted molar refractivity (Wildman–Crippen MR) is 45.9 cm³/mol. The lowest BCUT2D eigenvalue weighted by Gasteiger charge is -1.99. The van der Waals surface area contributed by atoms with Crippen molar-refractivity contribution in [3.63, 3.8) is 0 Å². The molecule has 10 heavy (non-hydrogen) atoms. The van der Waals surface area contributed by atoms with Crippen molar-refractivity contribution >= 4 is 0 Å². The summed E-state index contributed by atoms with van der Waals surface area (Å²) in [4.78, 5) is 0. The molecular weight excluding hydrogens is 120 g/mol. The molecule has 0 atom stereocenters. The summed E-state index contributed by atoms with van der Waals surface area (Å²) in [6.07, 6.45) is 11.1. The second-order valence-electron chi connectivity index (χ2n) is 2.77. The van der Waals surface area contributed by atoms with Crippen LogP contribution < -0.4 is 0 Å². The van der Waals surface area contributed by atoms with Gasteiger partial charge in [-0.15, -0.1) is 0 Å². The van der Waals surface area contributed by atoms with E-state index in [4.69, 9.17) is 0 Å². The molecule has 0 bridgehead atoms. The zero-order valence-corrected chi connectivity index (χ0v) is 6.72. The van der Waals surface area contributed by atoms with Crippen molar-refractivity contribution in [3.8, 4) is 0 Å². The Morgan fingerprint density at radius 3 is 3.00 bits per heavy atom. The smallest absolute Gasteiger partial charge is 0.0105 e. The number of hydrogen-bond acceptors (Lipinski definition) is 0. The maximum Gasteiger partial charge on any atom is -0.0105 e. The first kappa shape index (κ1) is 7.33. The Balaban J connectivity index is 2.40. The Morgan fingerprint density at radius 2 is 2.50 bits per heavy atom. The molecule has 0 heterocycles. The minimum Gasteiger partial charge on any atom is -0.0884 e. The third-order valence-corrected chi connectivity index (χ3v) is 1.85. The van der Waals surface area contributed by atoms with E-state index in [1.54, 1.807) is 0 Å². The molecule has 1 rings (SSSR count). The fraction of sp³-hybridized carbons (Fsp3) is 0.400. The van der Waals surface area contributed by atoms with Gasteiger partial charge in [0.15, 0.2) is 0 Å². The van der Waals surface area contributed by atoms with Gasteiger partial charge >= 0.3 is 0 Å². The van der Waals surface area contributed by atoms with Gasteiger partial charge < -0.3 is 0 Å². The molecule has 0 aliphatic heterocycles. The molecule has 1 aliphatic carbocycles. The lowest BCUT2D eigenvalue weighted by molar-refractivity contribution is 1.06. The highest BCUT2D eigenvalue weighted by Crippen LogP contribution is 2.18. The second-order valence-corrected chi connectivity index (χ2v) is 2.77. The Morgan fingerprint density at radius 1 is 1.70 bits per heavy atom. The van der Waals surface area contributed by atoms with Crippen LogP contribution in [0.3, 0.4) is 0 Å². The first-order valence-electron chi connectivity index (χ1n) is 3.79. The van der Waals surface area contributed by atoms with E-state index in [2.05, 4.69) is 38.2 Å². The van der Waals surface area contributed by atoms with Crippen LogP contribution >= 0.6 is 0 Å². The fourth-order valence-electron chi connectivity index (χ4n) is 1.08. The molecule has 0 aromatic heterocycles. The van der Waals surface area contributed by atoms with Crippen molar-refractivity contribution in [2.75, 3.05) is 0 Å². The minimum atomic E-state index is 1.16. The van der Waals surface area contributed by atoms with Crippen LogP contribution in [0, 0.1) is 0 Å². The van der Waals surface area contributed by atoms with Crippen LogP contribution in [0.4, 0.5) is 0 Å². The first-order valence-corrected chi connectivity index (χ1v) is 3.79. The molecule has 0 spiro atoms. The fourth-order valence-corrected chi connectivity index (χ4v) is 1.08. The Hall–Kier alpha value is -0.780. The molecule has 0 N–H and O–H groups in total. The lowest BCUT2D eigenvalue weighted by atomic mass is 10.1. The molecule has 1 aliphatic rings. The van der Waals surface area contributed by atoms with Gasteiger partial charge in [0.2, 0.25) is 0 Å². The first-order chi connectivity index (χ1) is 4.83. The van der Waals surface area contributed by atoms with Crippen LogP contribution in [0.2, 0.25) is 0 Å². The van der Waals surface area contributed by atoms with Gasteiger partial charge in [0, 0.05) is 0 Å². The van der Waals surface area contributed by atoms with Crippen LogP contribution in [0.25, 0.3) is 0 Å². The summed E-state index contributed by atoms with van der Waals surface area (Å²) in [5.74, 6) is 0. The minimum absolute atomic E-state index is 1.16. The predicted octanol–water partition coefficient (Wildman–Crippen LogP) is 3.23. The molecule has 0 saturated carbocycles. The maximum absolute atomic E-state index is 2.22. The van der Waals surface area contributed by atoms with Crippen LogP contribution in [0.5, 0.6) is 0 Å². The summed E-state index contributed by atoms with van der Waals surface area (Å²) in [6.45, 7) is 4.28. The van der Waals surface area contributed by atoms with Gasteiger partial charge in [-0.2, -0.15) is 0 Å². The van der Waals surface area contributed by atoms with E-state index in [9.17, 15) is 0 Å². The normalized spacial score (nSPS) is 17.8. The van der Waals surface area contributed by atoms with Crippen LogP contribution in [0.15, 0.2) is 35.5 Å². The number of rotatable bonds is 2. The van der Waals surface area contributed by atoms with E-state index in [0.717, 1.165) is 12.8 Å². The van der Waals surface area contributed by atoms with Crippen molar-refractivity contribution in [1.82, 2.24) is 0 Å². The molecule has 0 radical (unpaired) electrons. The highest BCUT2D eigenvalue weighted by molar-refractivity contribution is 5.26. The average molecular weight is 134 g/mol. The summed E-state index contributed by atoms with van der Waals surface area (Å²) in [5.41, 5.74) is 3.01. The average Bonchev–Trinajstić information content (AvgIpc) is 2.40. The standard InChI is InChI=1S/C10H14/c1-3-9(2)8-10-6-4-5-7-10/h3-6H,7-8H2,1-2H3. The quantitative estimate of drug-likeness (QED) is 0.509. The van der Waals surface area contributed by atoms with Gasteiger partial charge in [-0.05, 0) is 26.7 Å². The van der Waals surface area contributed by atoms with Crippen molar-refractivity contribution in [2.45, 2.75) is 26.7 Å². The van der Waals surface area contributed by atoms with E-state index in [0.29, 0.717) is 0 Å². The highest BCUT2D eigenvalue weighted by Gasteiger charge is 1.98. The molecule has 0 nitrogen and oxygen atoms in total. The summed E-state index contributed by atoms with van der Waals surface area (Å²) in [5, 5.41) is 0. The summed E-state index contributed by atoms with van der Waals surface area (Å²) >= 11 is 0. The zero-order valence-electron chi connectivity index (χ0n) is 6.72. The molecule has 0 aromatic rings. The maximum atomic E-state index is 2.22. The van der Waals surface area contributed by atoms with E-state index in [-0.39, 0.29) is 0 Å². The van der Waals surface area contributed by atoms with E-state index < -0.39 is 0 Å². The van der Waals surface area contributed by atoms with Gasteiger partial charge in [-0.1, -0.05) is 35.5 Å². The summed E-state index contributed by atoms with van der Waals surface area (Å²) in [7, 11) is 0. The topological polar surface area (TPSA) is 0 Å². The monoisotopic (exact) mass is 134 g/mol. The molecule has 54 valence electrons. The highest BCUT2D eigenvalue weighted by atomic mass is 14.0. The zero-order chi connectivity index (χ0) is 7.40. The van der Waals surface area contributed by atoms with Crippen molar-refractivity contribution < 1.29 is 0 Å². The molecule has 0 heteroatoms. The van der Waals surface area contributed by atoms with Gasteiger partial charge in [0.05, 0.1) is 0 Å². The second kappa shape index (κ2) is 3.40. The Bertz CT molecular complexity index is 192. The van der Waals surface area contributed by atoms with E-state index >= 15 is 0 Å². The SMILES string of the molecule is CC=C(C)CC1=CC=CC1. The third-order valence-electron chi connectivity index (χ3n) is 1.85. The molecular formula is C10H14. The van der Waals surface area contributed by atoms with Crippen LogP contribution in [0.1, 0.15) is 26.7 Å². The van der Waals surface area contributed by atoms with E-state index in [1.165, 1.54) is 11.1 Å². The third kappa shape index (κ3) is 1.87. The Labute approximate surface area is 62.9 Å². The molecule has 0 fully saturated rings.